The predicted molar refractivity (Wildman–Crippen MR) is 95.3 cm³/mol. The second kappa shape index (κ2) is 6.09. The lowest BCUT2D eigenvalue weighted by Gasteiger charge is -2.10. The summed E-state index contributed by atoms with van der Waals surface area (Å²) in [6.45, 7) is 1.97. The number of aryl methyl sites for hydroxylation is 1. The molecule has 0 N–H and O–H groups in total. The van der Waals surface area contributed by atoms with E-state index < -0.39 is 9.84 Å². The Balaban J connectivity index is 2.15. The summed E-state index contributed by atoms with van der Waals surface area (Å²) in [6, 6.07) is 17.6. The molecule has 0 atom stereocenters. The molecule has 5 heteroatoms. The minimum absolute atomic E-state index is 0.136. The Labute approximate surface area is 140 Å². The summed E-state index contributed by atoms with van der Waals surface area (Å²) < 4.78 is 25.0. The molecule has 0 saturated carbocycles. The fourth-order valence-corrected chi connectivity index (χ4v) is 3.21. The van der Waals surface area contributed by atoms with Gasteiger partial charge in [-0.15, -0.1) is 0 Å². The van der Waals surface area contributed by atoms with Crippen molar-refractivity contribution in [3.05, 3.63) is 82.8 Å². The first-order chi connectivity index (χ1) is 11.3. The molecule has 1 heterocycles. The number of sulfone groups is 1. The van der Waals surface area contributed by atoms with Gasteiger partial charge in [0.25, 0.3) is 5.56 Å². The molecule has 1 aromatic heterocycles. The average Bonchev–Trinajstić information content (AvgIpc) is 2.54. The maximum absolute atomic E-state index is 12.2. The Bertz CT molecular complexity index is 1070. The van der Waals surface area contributed by atoms with E-state index >= 15 is 0 Å². The number of hydrogen-bond donors (Lipinski definition) is 0. The molecule has 0 unspecified atom stereocenters. The van der Waals surface area contributed by atoms with E-state index in [2.05, 4.69) is 0 Å². The van der Waals surface area contributed by atoms with Gasteiger partial charge < -0.3 is 0 Å². The average molecular weight is 339 g/mol. The van der Waals surface area contributed by atoms with Gasteiger partial charge in [-0.2, -0.15) is 0 Å². The van der Waals surface area contributed by atoms with Gasteiger partial charge in [0.05, 0.1) is 4.90 Å². The van der Waals surface area contributed by atoms with Gasteiger partial charge in [-0.1, -0.05) is 24.3 Å². The van der Waals surface area contributed by atoms with Crippen molar-refractivity contribution in [2.24, 2.45) is 0 Å². The Morgan fingerprint density at radius 1 is 0.875 bits per heavy atom. The zero-order valence-electron chi connectivity index (χ0n) is 13.4. The first kappa shape index (κ1) is 16.2. The van der Waals surface area contributed by atoms with Crippen LogP contribution in [0.1, 0.15) is 5.56 Å². The number of nitrogens with zero attached hydrogens (tertiary/aromatic N) is 1. The van der Waals surface area contributed by atoms with Crippen molar-refractivity contribution >= 4 is 9.84 Å². The second-order valence-electron chi connectivity index (χ2n) is 5.77. The maximum Gasteiger partial charge on any atom is 0.255 e. The molecule has 2 aromatic carbocycles. The van der Waals surface area contributed by atoms with Crippen molar-refractivity contribution in [2.75, 3.05) is 6.26 Å². The van der Waals surface area contributed by atoms with E-state index in [0.29, 0.717) is 0 Å². The highest BCUT2D eigenvalue weighted by Crippen LogP contribution is 2.22. The molecule has 122 valence electrons. The van der Waals surface area contributed by atoms with E-state index in [1.54, 1.807) is 35.0 Å². The molecule has 0 bridgehead atoms. The third-order valence-corrected chi connectivity index (χ3v) is 4.90. The van der Waals surface area contributed by atoms with Crippen molar-refractivity contribution in [3.8, 4) is 16.8 Å². The van der Waals surface area contributed by atoms with Gasteiger partial charge in [-0.3, -0.25) is 9.36 Å². The number of rotatable bonds is 3. The lowest BCUT2D eigenvalue weighted by molar-refractivity contribution is 0.602. The minimum atomic E-state index is -3.28. The van der Waals surface area contributed by atoms with Crippen molar-refractivity contribution in [3.63, 3.8) is 0 Å². The Hall–Kier alpha value is -2.66. The minimum Gasteiger partial charge on any atom is -0.284 e. The Kier molecular flexibility index (Phi) is 4.11. The van der Waals surface area contributed by atoms with Crippen LogP contribution >= 0.6 is 0 Å². The Morgan fingerprint density at radius 2 is 1.62 bits per heavy atom. The summed E-state index contributed by atoms with van der Waals surface area (Å²) >= 11 is 0. The molecule has 3 rings (SSSR count). The number of pyridine rings is 1. The summed E-state index contributed by atoms with van der Waals surface area (Å²) in [6.07, 6.45) is 2.91. The van der Waals surface area contributed by atoms with Crippen LogP contribution in [-0.4, -0.2) is 19.2 Å². The third-order valence-electron chi connectivity index (χ3n) is 3.79. The van der Waals surface area contributed by atoms with Gasteiger partial charge in [0.2, 0.25) is 0 Å². The highest BCUT2D eigenvalue weighted by Gasteiger charge is 2.09. The maximum atomic E-state index is 12.2. The summed E-state index contributed by atoms with van der Waals surface area (Å²) in [5, 5.41) is 0. The summed E-state index contributed by atoms with van der Waals surface area (Å²) in [5.41, 5.74) is 3.23. The molecule has 0 radical (unpaired) electrons. The van der Waals surface area contributed by atoms with E-state index in [1.807, 2.05) is 37.3 Å². The molecular formula is C19H17NO3S. The van der Waals surface area contributed by atoms with Crippen LogP contribution in [0, 0.1) is 6.92 Å². The van der Waals surface area contributed by atoms with Crippen LogP contribution < -0.4 is 5.56 Å². The molecule has 0 spiro atoms. The standard InChI is InChI=1S/C19H17NO3S/c1-14-5-3-7-17(11-14)20-13-16(9-10-19(20)21)15-6-4-8-18(12-15)24(2,22)23/h3-13H,1-2H3. The summed E-state index contributed by atoms with van der Waals surface area (Å²) in [4.78, 5) is 12.5. The molecule has 0 saturated heterocycles. The van der Waals surface area contributed by atoms with Crippen molar-refractivity contribution in [1.29, 1.82) is 0 Å². The lowest BCUT2D eigenvalue weighted by atomic mass is 10.1. The second-order valence-corrected chi connectivity index (χ2v) is 7.78. The molecule has 0 aliphatic rings. The summed E-state index contributed by atoms with van der Waals surface area (Å²) in [7, 11) is -3.28. The van der Waals surface area contributed by atoms with Crippen molar-refractivity contribution in [2.45, 2.75) is 11.8 Å². The monoisotopic (exact) mass is 339 g/mol. The highest BCUT2D eigenvalue weighted by atomic mass is 32.2. The van der Waals surface area contributed by atoms with E-state index in [4.69, 9.17) is 0 Å². The Morgan fingerprint density at radius 3 is 2.33 bits per heavy atom. The van der Waals surface area contributed by atoms with Gasteiger partial charge in [0.1, 0.15) is 0 Å². The van der Waals surface area contributed by atoms with Crippen LogP contribution in [0.25, 0.3) is 16.8 Å². The van der Waals surface area contributed by atoms with Gasteiger partial charge in [-0.25, -0.2) is 8.42 Å². The van der Waals surface area contributed by atoms with Crippen LogP contribution in [0.2, 0.25) is 0 Å². The zero-order valence-corrected chi connectivity index (χ0v) is 14.2. The van der Waals surface area contributed by atoms with Crippen molar-refractivity contribution in [1.82, 2.24) is 4.57 Å². The number of aromatic nitrogens is 1. The molecule has 0 aliphatic carbocycles. The van der Waals surface area contributed by atoms with E-state index in [1.165, 1.54) is 12.3 Å². The van der Waals surface area contributed by atoms with Crippen LogP contribution in [0.4, 0.5) is 0 Å². The molecular weight excluding hydrogens is 322 g/mol. The van der Waals surface area contributed by atoms with Crippen molar-refractivity contribution < 1.29 is 8.42 Å². The molecule has 0 amide bonds. The highest BCUT2D eigenvalue weighted by molar-refractivity contribution is 7.90. The van der Waals surface area contributed by atoms with Gasteiger partial charge in [0, 0.05) is 24.2 Å². The molecule has 0 aliphatic heterocycles. The first-order valence-corrected chi connectivity index (χ1v) is 9.34. The topological polar surface area (TPSA) is 56.1 Å². The van der Waals surface area contributed by atoms with E-state index in [-0.39, 0.29) is 10.5 Å². The zero-order chi connectivity index (χ0) is 17.3. The van der Waals surface area contributed by atoms with Gasteiger partial charge in [0.15, 0.2) is 9.84 Å². The van der Waals surface area contributed by atoms with Gasteiger partial charge in [-0.05, 0) is 53.9 Å². The fraction of sp³-hybridized carbons (Fsp3) is 0.105. The fourth-order valence-electron chi connectivity index (χ4n) is 2.54. The van der Waals surface area contributed by atoms with Gasteiger partial charge >= 0.3 is 0 Å². The number of benzene rings is 2. The number of hydrogen-bond acceptors (Lipinski definition) is 3. The quantitative estimate of drug-likeness (QED) is 0.736. The third kappa shape index (κ3) is 3.31. The molecule has 3 aromatic rings. The van der Waals surface area contributed by atoms with Crippen LogP contribution in [0.15, 0.2) is 76.6 Å². The predicted octanol–water partition coefficient (Wildman–Crippen LogP) is 3.22. The largest absolute Gasteiger partial charge is 0.284 e. The van der Waals surface area contributed by atoms with Crippen LogP contribution in [-0.2, 0) is 9.84 Å². The SMILES string of the molecule is Cc1cccc(-n2cc(-c3cccc(S(C)(=O)=O)c3)ccc2=O)c1. The van der Waals surface area contributed by atoms with E-state index in [9.17, 15) is 13.2 Å². The van der Waals surface area contributed by atoms with Crippen LogP contribution in [0.5, 0.6) is 0 Å². The van der Waals surface area contributed by atoms with E-state index in [0.717, 1.165) is 22.4 Å². The molecule has 4 nitrogen and oxygen atoms in total. The lowest BCUT2D eigenvalue weighted by Crippen LogP contribution is -2.16. The summed E-state index contributed by atoms with van der Waals surface area (Å²) in [5.74, 6) is 0. The van der Waals surface area contributed by atoms with Crippen LogP contribution in [0.3, 0.4) is 0 Å². The first-order valence-electron chi connectivity index (χ1n) is 7.45. The normalized spacial score (nSPS) is 11.4. The molecule has 24 heavy (non-hydrogen) atoms. The smallest absolute Gasteiger partial charge is 0.255 e. The molecule has 0 fully saturated rings.